The molecule has 0 saturated carbocycles. The van der Waals surface area contributed by atoms with Crippen LogP contribution >= 0.6 is 15.9 Å². The minimum atomic E-state index is -0.410. The van der Waals surface area contributed by atoms with Gasteiger partial charge in [-0.25, -0.2) is 4.39 Å². The van der Waals surface area contributed by atoms with Crippen molar-refractivity contribution < 1.29 is 9.60 Å². The normalized spacial score (nSPS) is 14.4. The molecule has 0 radical (unpaired) electrons. The summed E-state index contributed by atoms with van der Waals surface area (Å²) in [5.74, 6) is -0.538. The molecular formula is C15H13BrFN3O. The summed E-state index contributed by atoms with van der Waals surface area (Å²) in [5.41, 5.74) is 8.75. The van der Waals surface area contributed by atoms with Crippen LogP contribution in [0.1, 0.15) is 16.7 Å². The first-order valence-electron chi connectivity index (χ1n) is 6.39. The summed E-state index contributed by atoms with van der Waals surface area (Å²) in [5, 5.41) is 11.6. The Morgan fingerprint density at radius 3 is 2.38 bits per heavy atom. The Labute approximate surface area is 129 Å². The van der Waals surface area contributed by atoms with E-state index in [1.165, 1.54) is 11.1 Å². The average molecular weight is 350 g/mol. The van der Waals surface area contributed by atoms with Crippen molar-refractivity contribution in [2.24, 2.45) is 10.9 Å². The van der Waals surface area contributed by atoms with Gasteiger partial charge in [-0.2, -0.15) is 0 Å². The first-order valence-corrected chi connectivity index (χ1v) is 7.18. The first-order chi connectivity index (χ1) is 10.1. The van der Waals surface area contributed by atoms with Crippen LogP contribution in [0, 0.1) is 5.82 Å². The van der Waals surface area contributed by atoms with Gasteiger partial charge in [0.1, 0.15) is 0 Å². The van der Waals surface area contributed by atoms with E-state index >= 15 is 0 Å². The molecule has 0 saturated heterocycles. The molecule has 1 aliphatic heterocycles. The van der Waals surface area contributed by atoms with Crippen LogP contribution in [0.15, 0.2) is 46.0 Å². The van der Waals surface area contributed by atoms with Gasteiger partial charge in [0, 0.05) is 18.7 Å². The fourth-order valence-corrected chi connectivity index (χ4v) is 3.08. The second-order valence-corrected chi connectivity index (χ2v) is 5.66. The van der Waals surface area contributed by atoms with Crippen LogP contribution in [0.4, 0.5) is 10.1 Å². The van der Waals surface area contributed by atoms with Crippen molar-refractivity contribution in [2.45, 2.75) is 13.1 Å². The van der Waals surface area contributed by atoms with Crippen molar-refractivity contribution in [1.82, 2.24) is 0 Å². The van der Waals surface area contributed by atoms with Gasteiger partial charge in [0.2, 0.25) is 0 Å². The van der Waals surface area contributed by atoms with Gasteiger partial charge in [0.05, 0.1) is 10.2 Å². The molecule has 0 spiro atoms. The lowest BCUT2D eigenvalue weighted by Gasteiger charge is -2.20. The molecule has 0 aliphatic carbocycles. The largest absolute Gasteiger partial charge is 0.409 e. The lowest BCUT2D eigenvalue weighted by Crippen LogP contribution is -2.19. The summed E-state index contributed by atoms with van der Waals surface area (Å²) in [6, 6.07) is 11.4. The maximum absolute atomic E-state index is 14.6. The molecular weight excluding hydrogens is 337 g/mol. The third-order valence-corrected chi connectivity index (χ3v) is 4.40. The van der Waals surface area contributed by atoms with Crippen molar-refractivity contribution in [3.8, 4) is 0 Å². The lowest BCUT2D eigenvalue weighted by molar-refractivity contribution is 0.318. The Bertz CT molecular complexity index is 708. The Morgan fingerprint density at radius 1 is 1.19 bits per heavy atom. The zero-order chi connectivity index (χ0) is 15.0. The molecule has 2 aromatic carbocycles. The number of amidine groups is 1. The van der Waals surface area contributed by atoms with Gasteiger partial charge in [-0.3, -0.25) is 0 Å². The smallest absolute Gasteiger partial charge is 0.171 e. The number of anilines is 1. The fraction of sp³-hybridized carbons (Fsp3) is 0.133. The summed E-state index contributed by atoms with van der Waals surface area (Å²) >= 11 is 3.18. The molecule has 0 bridgehead atoms. The van der Waals surface area contributed by atoms with Crippen molar-refractivity contribution in [2.75, 3.05) is 4.90 Å². The van der Waals surface area contributed by atoms with E-state index in [2.05, 4.69) is 21.1 Å². The Kier molecular flexibility index (Phi) is 3.55. The van der Waals surface area contributed by atoms with Crippen LogP contribution in [0.3, 0.4) is 0 Å². The number of nitrogens with zero attached hydrogens (tertiary/aromatic N) is 2. The third-order valence-electron chi connectivity index (χ3n) is 3.63. The topological polar surface area (TPSA) is 61.9 Å². The van der Waals surface area contributed by atoms with Gasteiger partial charge < -0.3 is 15.8 Å². The van der Waals surface area contributed by atoms with Crippen LogP contribution in [0.2, 0.25) is 0 Å². The molecule has 0 unspecified atom stereocenters. The van der Waals surface area contributed by atoms with Crippen molar-refractivity contribution in [3.63, 3.8) is 0 Å². The zero-order valence-corrected chi connectivity index (χ0v) is 12.6. The number of halogens is 2. The van der Waals surface area contributed by atoms with E-state index in [4.69, 9.17) is 10.9 Å². The Morgan fingerprint density at radius 2 is 1.81 bits per heavy atom. The number of hydrogen-bond acceptors (Lipinski definition) is 3. The average Bonchev–Trinajstić information content (AvgIpc) is 2.92. The molecule has 4 nitrogen and oxygen atoms in total. The second-order valence-electron chi connectivity index (χ2n) is 4.87. The highest BCUT2D eigenvalue weighted by atomic mass is 79.9. The van der Waals surface area contributed by atoms with E-state index in [0.717, 1.165) is 0 Å². The molecule has 2 aromatic rings. The molecule has 3 N–H and O–H groups in total. The Balaban J connectivity index is 1.97. The van der Waals surface area contributed by atoms with Gasteiger partial charge in [-0.1, -0.05) is 29.4 Å². The van der Waals surface area contributed by atoms with Crippen molar-refractivity contribution in [3.05, 3.63) is 63.4 Å². The van der Waals surface area contributed by atoms with E-state index in [-0.39, 0.29) is 10.3 Å². The van der Waals surface area contributed by atoms with Crippen LogP contribution in [0.5, 0.6) is 0 Å². The number of oxime groups is 1. The molecule has 0 atom stereocenters. The predicted octanol–water partition coefficient (Wildman–Crippen LogP) is 3.20. The van der Waals surface area contributed by atoms with Crippen LogP contribution in [-0.2, 0) is 13.1 Å². The molecule has 6 heteroatoms. The Hall–Kier alpha value is -2.08. The summed E-state index contributed by atoms with van der Waals surface area (Å²) in [7, 11) is 0. The van der Waals surface area contributed by atoms with Crippen molar-refractivity contribution in [1.29, 1.82) is 0 Å². The minimum Gasteiger partial charge on any atom is -0.409 e. The number of rotatable bonds is 2. The standard InChI is InChI=1S/C15H13BrFN3O/c16-13-11(15(18)19-21)5-6-12(14(13)17)20-7-9-3-1-2-4-10(9)8-20/h1-6,21H,7-8H2,(H2,18,19). The van der Waals surface area contributed by atoms with E-state index < -0.39 is 5.82 Å². The monoisotopic (exact) mass is 349 g/mol. The van der Waals surface area contributed by atoms with Gasteiger partial charge in [-0.05, 0) is 39.2 Å². The van der Waals surface area contributed by atoms with E-state index in [1.807, 2.05) is 29.2 Å². The van der Waals surface area contributed by atoms with Gasteiger partial charge in [0.15, 0.2) is 11.7 Å². The van der Waals surface area contributed by atoms with Crippen LogP contribution in [-0.4, -0.2) is 11.0 Å². The highest BCUT2D eigenvalue weighted by Gasteiger charge is 2.23. The maximum atomic E-state index is 14.6. The quantitative estimate of drug-likeness (QED) is 0.378. The van der Waals surface area contributed by atoms with Gasteiger partial charge >= 0.3 is 0 Å². The number of hydrogen-bond donors (Lipinski definition) is 2. The minimum absolute atomic E-state index is 0.128. The predicted molar refractivity (Wildman–Crippen MR) is 82.9 cm³/mol. The van der Waals surface area contributed by atoms with Gasteiger partial charge in [0.25, 0.3) is 0 Å². The first kappa shape index (κ1) is 13.9. The summed E-state index contributed by atoms with van der Waals surface area (Å²) in [4.78, 5) is 1.96. The zero-order valence-electron chi connectivity index (χ0n) is 11.1. The molecule has 0 amide bonds. The molecule has 21 heavy (non-hydrogen) atoms. The number of benzene rings is 2. The van der Waals surface area contributed by atoms with E-state index in [1.54, 1.807) is 12.1 Å². The summed E-state index contributed by atoms with van der Waals surface area (Å²) in [6.45, 7) is 1.34. The number of nitrogens with two attached hydrogens (primary N) is 1. The fourth-order valence-electron chi connectivity index (χ4n) is 2.54. The molecule has 0 aromatic heterocycles. The highest BCUT2D eigenvalue weighted by molar-refractivity contribution is 9.10. The SMILES string of the molecule is N/C(=N/O)c1ccc(N2Cc3ccccc3C2)c(F)c1Br. The van der Waals surface area contributed by atoms with Crippen molar-refractivity contribution >= 4 is 27.5 Å². The lowest BCUT2D eigenvalue weighted by atomic mass is 10.1. The molecule has 3 rings (SSSR count). The third kappa shape index (κ3) is 2.35. The van der Waals surface area contributed by atoms with E-state index in [0.29, 0.717) is 24.3 Å². The highest BCUT2D eigenvalue weighted by Crippen LogP contribution is 2.34. The maximum Gasteiger partial charge on any atom is 0.171 e. The summed E-state index contributed by atoms with van der Waals surface area (Å²) < 4.78 is 14.8. The molecule has 1 heterocycles. The molecule has 108 valence electrons. The van der Waals surface area contributed by atoms with Gasteiger partial charge in [-0.15, -0.1) is 0 Å². The van der Waals surface area contributed by atoms with Crippen LogP contribution < -0.4 is 10.6 Å². The molecule has 1 aliphatic rings. The molecule has 0 fully saturated rings. The second kappa shape index (κ2) is 5.37. The summed E-state index contributed by atoms with van der Waals surface area (Å²) in [6.07, 6.45) is 0. The number of fused-ring (bicyclic) bond motifs is 1. The van der Waals surface area contributed by atoms with Crippen LogP contribution in [0.25, 0.3) is 0 Å². The van der Waals surface area contributed by atoms with E-state index in [9.17, 15) is 4.39 Å².